The Morgan fingerprint density at radius 3 is 1.89 bits per heavy atom. The molecule has 3 nitrogen and oxygen atoms in total. The largest absolute Gasteiger partial charge is 0.494 e. The van der Waals surface area contributed by atoms with E-state index < -0.39 is 0 Å². The van der Waals surface area contributed by atoms with Crippen LogP contribution in [0.15, 0.2) is 58.8 Å². The first-order valence-corrected chi connectivity index (χ1v) is 6.76. The molecule has 0 bridgehead atoms. The summed E-state index contributed by atoms with van der Waals surface area (Å²) in [6, 6.07) is 15.5. The van der Waals surface area contributed by atoms with Crippen LogP contribution in [0.3, 0.4) is 0 Å². The van der Waals surface area contributed by atoms with Crippen LogP contribution in [0.1, 0.15) is 6.92 Å². The second-order valence-corrected chi connectivity index (χ2v) is 4.85. The quantitative estimate of drug-likeness (QED) is 0.556. The molecule has 0 aliphatic carbocycles. The number of azo groups is 1. The Kier molecular flexibility index (Phi) is 4.69. The third-order valence-electron chi connectivity index (χ3n) is 2.26. The van der Waals surface area contributed by atoms with Gasteiger partial charge in [-0.15, -0.1) is 0 Å². The highest BCUT2D eigenvalue weighted by Gasteiger charge is 1.93. The van der Waals surface area contributed by atoms with Gasteiger partial charge in [-0.1, -0.05) is 0 Å². The smallest absolute Gasteiger partial charge is 0.119 e. The van der Waals surface area contributed by atoms with Crippen LogP contribution in [0, 0.1) is 3.57 Å². The van der Waals surface area contributed by atoms with Crippen LogP contribution >= 0.6 is 22.6 Å². The fourth-order valence-electron chi connectivity index (χ4n) is 1.40. The van der Waals surface area contributed by atoms with E-state index in [9.17, 15) is 0 Å². The first kappa shape index (κ1) is 13.0. The van der Waals surface area contributed by atoms with Crippen molar-refractivity contribution in [1.29, 1.82) is 0 Å². The Bertz CT molecular complexity index is 520. The van der Waals surface area contributed by atoms with Gasteiger partial charge in [-0.2, -0.15) is 10.2 Å². The predicted molar refractivity (Wildman–Crippen MR) is 80.9 cm³/mol. The zero-order chi connectivity index (χ0) is 12.8. The predicted octanol–water partition coefficient (Wildman–Crippen LogP) is 5.11. The summed E-state index contributed by atoms with van der Waals surface area (Å²) in [4.78, 5) is 0. The fourth-order valence-corrected chi connectivity index (χ4v) is 1.76. The van der Waals surface area contributed by atoms with Crippen LogP contribution in [-0.4, -0.2) is 6.61 Å². The molecule has 18 heavy (non-hydrogen) atoms. The van der Waals surface area contributed by atoms with Crippen molar-refractivity contribution in [2.24, 2.45) is 10.2 Å². The van der Waals surface area contributed by atoms with E-state index in [-0.39, 0.29) is 0 Å². The monoisotopic (exact) mass is 352 g/mol. The number of nitrogens with zero attached hydrogens (tertiary/aromatic N) is 2. The lowest BCUT2D eigenvalue weighted by atomic mass is 10.3. The number of benzene rings is 2. The molecule has 2 aromatic rings. The van der Waals surface area contributed by atoms with Crippen molar-refractivity contribution in [2.75, 3.05) is 6.61 Å². The molecule has 2 aromatic carbocycles. The Labute approximate surface area is 120 Å². The molecular formula is C14H13IN2O. The van der Waals surface area contributed by atoms with Gasteiger partial charge in [-0.3, -0.25) is 0 Å². The molecule has 0 spiro atoms. The first-order chi connectivity index (χ1) is 8.78. The summed E-state index contributed by atoms with van der Waals surface area (Å²) in [5.74, 6) is 0.853. The summed E-state index contributed by atoms with van der Waals surface area (Å²) in [6.07, 6.45) is 0. The Morgan fingerprint density at radius 2 is 1.39 bits per heavy atom. The number of rotatable bonds is 4. The zero-order valence-electron chi connectivity index (χ0n) is 10.0. The highest BCUT2D eigenvalue weighted by Crippen LogP contribution is 2.21. The van der Waals surface area contributed by atoms with Gasteiger partial charge < -0.3 is 4.74 Å². The summed E-state index contributed by atoms with van der Waals surface area (Å²) >= 11 is 2.26. The van der Waals surface area contributed by atoms with Crippen molar-refractivity contribution in [3.05, 3.63) is 52.1 Å². The molecule has 0 aliphatic rings. The molecule has 0 N–H and O–H groups in total. The van der Waals surface area contributed by atoms with Crippen molar-refractivity contribution in [3.63, 3.8) is 0 Å². The van der Waals surface area contributed by atoms with Gasteiger partial charge in [0.05, 0.1) is 18.0 Å². The molecule has 0 saturated carbocycles. The van der Waals surface area contributed by atoms with Crippen LogP contribution < -0.4 is 4.74 Å². The van der Waals surface area contributed by atoms with Crippen LogP contribution in [0.4, 0.5) is 11.4 Å². The fraction of sp³-hybridized carbons (Fsp3) is 0.143. The summed E-state index contributed by atoms with van der Waals surface area (Å²) in [5, 5.41) is 8.35. The molecule has 92 valence electrons. The van der Waals surface area contributed by atoms with E-state index in [1.165, 1.54) is 3.57 Å². The maximum atomic E-state index is 5.36. The summed E-state index contributed by atoms with van der Waals surface area (Å²) in [5.41, 5.74) is 1.67. The lowest BCUT2D eigenvalue weighted by Crippen LogP contribution is -1.89. The Balaban J connectivity index is 2.06. The standard InChI is InChI=1S/C14H13IN2O/c1-2-18-14-9-7-13(8-10-14)17-16-12-5-3-11(15)4-6-12/h3-10H,2H2,1H3. The van der Waals surface area contributed by atoms with E-state index in [2.05, 4.69) is 32.8 Å². The number of ether oxygens (including phenoxy) is 1. The van der Waals surface area contributed by atoms with Gasteiger partial charge in [0.2, 0.25) is 0 Å². The number of hydrogen-bond acceptors (Lipinski definition) is 3. The van der Waals surface area contributed by atoms with Gasteiger partial charge in [0.25, 0.3) is 0 Å². The zero-order valence-corrected chi connectivity index (χ0v) is 12.2. The first-order valence-electron chi connectivity index (χ1n) is 5.68. The number of halogens is 1. The van der Waals surface area contributed by atoms with E-state index in [0.717, 1.165) is 17.1 Å². The van der Waals surface area contributed by atoms with Gasteiger partial charge in [0, 0.05) is 3.57 Å². The van der Waals surface area contributed by atoms with Crippen molar-refractivity contribution in [1.82, 2.24) is 0 Å². The number of hydrogen-bond donors (Lipinski definition) is 0. The molecule has 0 aliphatic heterocycles. The molecule has 0 fully saturated rings. The van der Waals surface area contributed by atoms with E-state index in [1.807, 2.05) is 55.5 Å². The van der Waals surface area contributed by atoms with Gasteiger partial charge in [-0.05, 0) is 78.0 Å². The normalized spacial score (nSPS) is 10.8. The average Bonchev–Trinajstić information content (AvgIpc) is 2.40. The van der Waals surface area contributed by atoms with E-state index in [0.29, 0.717) is 6.61 Å². The van der Waals surface area contributed by atoms with E-state index in [4.69, 9.17) is 4.74 Å². The molecule has 0 aromatic heterocycles. The van der Waals surface area contributed by atoms with Gasteiger partial charge in [-0.25, -0.2) is 0 Å². The highest BCUT2D eigenvalue weighted by molar-refractivity contribution is 14.1. The molecule has 2 rings (SSSR count). The third-order valence-corrected chi connectivity index (χ3v) is 2.97. The third kappa shape index (κ3) is 3.80. The van der Waals surface area contributed by atoms with Crippen molar-refractivity contribution in [3.8, 4) is 5.75 Å². The maximum Gasteiger partial charge on any atom is 0.119 e. The Hall–Kier alpha value is -1.43. The summed E-state index contributed by atoms with van der Waals surface area (Å²) in [7, 11) is 0. The Morgan fingerprint density at radius 1 is 0.889 bits per heavy atom. The highest BCUT2D eigenvalue weighted by atomic mass is 127. The second-order valence-electron chi connectivity index (χ2n) is 3.60. The molecular weight excluding hydrogens is 339 g/mol. The van der Waals surface area contributed by atoms with Gasteiger partial charge in [0.15, 0.2) is 0 Å². The van der Waals surface area contributed by atoms with E-state index >= 15 is 0 Å². The van der Waals surface area contributed by atoms with Gasteiger partial charge >= 0.3 is 0 Å². The summed E-state index contributed by atoms with van der Waals surface area (Å²) in [6.45, 7) is 2.63. The lowest BCUT2D eigenvalue weighted by molar-refractivity contribution is 0.340. The molecule has 0 unspecified atom stereocenters. The second kappa shape index (κ2) is 6.49. The molecule has 0 amide bonds. The van der Waals surface area contributed by atoms with Crippen molar-refractivity contribution in [2.45, 2.75) is 6.92 Å². The van der Waals surface area contributed by atoms with E-state index in [1.54, 1.807) is 0 Å². The lowest BCUT2D eigenvalue weighted by Gasteiger charge is -2.01. The average molecular weight is 352 g/mol. The maximum absolute atomic E-state index is 5.36. The molecule has 0 radical (unpaired) electrons. The molecule has 0 heterocycles. The summed E-state index contributed by atoms with van der Waals surface area (Å²) < 4.78 is 6.55. The van der Waals surface area contributed by atoms with Crippen LogP contribution in [-0.2, 0) is 0 Å². The van der Waals surface area contributed by atoms with Crippen LogP contribution in [0.25, 0.3) is 0 Å². The topological polar surface area (TPSA) is 34.0 Å². The minimum Gasteiger partial charge on any atom is -0.494 e. The van der Waals surface area contributed by atoms with Crippen molar-refractivity contribution >= 4 is 34.0 Å². The SMILES string of the molecule is CCOc1ccc(N=Nc2ccc(I)cc2)cc1. The molecule has 4 heteroatoms. The van der Waals surface area contributed by atoms with Gasteiger partial charge in [0.1, 0.15) is 5.75 Å². The minimum atomic E-state index is 0.670. The van der Waals surface area contributed by atoms with Crippen LogP contribution in [0.5, 0.6) is 5.75 Å². The molecule has 0 saturated heterocycles. The van der Waals surface area contributed by atoms with Crippen molar-refractivity contribution < 1.29 is 4.74 Å². The molecule has 0 atom stereocenters. The van der Waals surface area contributed by atoms with Crippen LogP contribution in [0.2, 0.25) is 0 Å². The minimum absolute atomic E-state index is 0.670.